The highest BCUT2D eigenvalue weighted by molar-refractivity contribution is 8.15. The Hall–Kier alpha value is -2.80. The highest BCUT2D eigenvalue weighted by Gasteiger charge is 2.37. The van der Waals surface area contributed by atoms with Crippen LogP contribution < -0.4 is 9.64 Å². The van der Waals surface area contributed by atoms with E-state index in [2.05, 4.69) is 56.9 Å². The second-order valence-electron chi connectivity index (χ2n) is 9.39. The first kappa shape index (κ1) is 24.3. The van der Waals surface area contributed by atoms with E-state index in [0.29, 0.717) is 6.54 Å². The van der Waals surface area contributed by atoms with Crippen LogP contribution >= 0.6 is 11.8 Å². The van der Waals surface area contributed by atoms with Crippen molar-refractivity contribution in [3.8, 4) is 5.75 Å². The van der Waals surface area contributed by atoms with Gasteiger partial charge >= 0.3 is 5.24 Å². The maximum absolute atomic E-state index is 12.4. The number of hydrogen-bond donors (Lipinski definition) is 0. The smallest absolute Gasteiger partial charge is 0.302 e. The second kappa shape index (κ2) is 9.82. The van der Waals surface area contributed by atoms with E-state index in [4.69, 9.17) is 14.8 Å². The molecule has 2 aromatic carbocycles. The Bertz CT molecular complexity index is 1140. The normalized spacial score (nSPS) is 18.1. The van der Waals surface area contributed by atoms with Gasteiger partial charge in [-0.3, -0.25) is 9.79 Å². The van der Waals surface area contributed by atoms with E-state index in [1.807, 2.05) is 25.1 Å². The number of amidine groups is 1. The van der Waals surface area contributed by atoms with Crippen LogP contribution in [0.5, 0.6) is 5.75 Å². The molecule has 1 amide bonds. The van der Waals surface area contributed by atoms with E-state index in [9.17, 15) is 4.79 Å². The molecule has 0 atom stereocenters. The van der Waals surface area contributed by atoms with E-state index in [1.54, 1.807) is 12.1 Å². The number of anilines is 1. The van der Waals surface area contributed by atoms with Crippen molar-refractivity contribution in [3.05, 3.63) is 59.2 Å². The number of amides is 1. The molecule has 180 valence electrons. The third kappa shape index (κ3) is 4.71. The van der Waals surface area contributed by atoms with Crippen molar-refractivity contribution in [2.24, 2.45) is 10.1 Å². The number of methoxy groups -OCH3 is 1. The van der Waals surface area contributed by atoms with Gasteiger partial charge in [-0.25, -0.2) is 5.01 Å². The SMILES string of the molecule is CCN1N=C(c2ccc3c(c2)CCCN3C(=NC(C)C)c2ccccc2OC)C(C)(C)SC1=O. The van der Waals surface area contributed by atoms with Crippen molar-refractivity contribution in [2.45, 2.75) is 58.2 Å². The number of carbonyl (C=O) groups excluding carboxylic acids is 1. The van der Waals surface area contributed by atoms with Crippen LogP contribution in [0.2, 0.25) is 0 Å². The summed E-state index contributed by atoms with van der Waals surface area (Å²) in [5, 5.41) is 6.31. The van der Waals surface area contributed by atoms with Crippen molar-refractivity contribution >= 4 is 34.2 Å². The lowest BCUT2D eigenvalue weighted by molar-refractivity contribution is 0.226. The monoisotopic (exact) mass is 478 g/mol. The topological polar surface area (TPSA) is 57.5 Å². The van der Waals surface area contributed by atoms with Crippen LogP contribution in [0.1, 0.15) is 57.7 Å². The van der Waals surface area contributed by atoms with Gasteiger partial charge in [0.25, 0.3) is 0 Å². The number of carbonyl (C=O) groups is 1. The average Bonchev–Trinajstić information content (AvgIpc) is 2.81. The van der Waals surface area contributed by atoms with Crippen LogP contribution in [0.15, 0.2) is 52.6 Å². The Morgan fingerprint density at radius 1 is 1.24 bits per heavy atom. The van der Waals surface area contributed by atoms with Gasteiger partial charge in [0.15, 0.2) is 0 Å². The van der Waals surface area contributed by atoms with E-state index in [0.717, 1.165) is 47.8 Å². The zero-order valence-corrected chi connectivity index (χ0v) is 21.8. The van der Waals surface area contributed by atoms with Crippen LogP contribution in [-0.2, 0) is 6.42 Å². The highest BCUT2D eigenvalue weighted by atomic mass is 32.2. The van der Waals surface area contributed by atoms with Crippen molar-refractivity contribution in [3.63, 3.8) is 0 Å². The minimum absolute atomic E-state index is 0.00623. The highest BCUT2D eigenvalue weighted by Crippen LogP contribution is 2.38. The van der Waals surface area contributed by atoms with Crippen molar-refractivity contribution in [1.82, 2.24) is 5.01 Å². The number of hydrogen-bond acceptors (Lipinski definition) is 5. The van der Waals surface area contributed by atoms with Gasteiger partial charge in [0, 0.05) is 24.8 Å². The molecule has 34 heavy (non-hydrogen) atoms. The van der Waals surface area contributed by atoms with Gasteiger partial charge in [-0.1, -0.05) is 30.0 Å². The first-order chi connectivity index (χ1) is 16.2. The number of ether oxygens (including phenoxy) is 1. The molecular weight excluding hydrogens is 444 g/mol. The van der Waals surface area contributed by atoms with Gasteiger partial charge in [0.05, 0.1) is 23.1 Å². The summed E-state index contributed by atoms with van der Waals surface area (Å²) in [5.41, 5.74) is 5.47. The first-order valence-electron chi connectivity index (χ1n) is 12.0. The Balaban J connectivity index is 1.78. The maximum Gasteiger partial charge on any atom is 0.302 e. The molecule has 0 saturated carbocycles. The van der Waals surface area contributed by atoms with Crippen LogP contribution in [0.25, 0.3) is 0 Å². The summed E-state index contributed by atoms with van der Waals surface area (Å²) in [6.45, 7) is 11.8. The zero-order valence-electron chi connectivity index (χ0n) is 21.0. The summed E-state index contributed by atoms with van der Waals surface area (Å²) in [5.74, 6) is 1.76. The number of fused-ring (bicyclic) bond motifs is 1. The fourth-order valence-electron chi connectivity index (χ4n) is 4.53. The predicted octanol–water partition coefficient (Wildman–Crippen LogP) is 5.97. The average molecular weight is 479 g/mol. The van der Waals surface area contributed by atoms with Gasteiger partial charge in [-0.05, 0) is 82.9 Å². The molecule has 0 N–H and O–H groups in total. The van der Waals surface area contributed by atoms with Gasteiger partial charge in [0.1, 0.15) is 11.6 Å². The van der Waals surface area contributed by atoms with E-state index < -0.39 is 0 Å². The fourth-order valence-corrected chi connectivity index (χ4v) is 5.50. The van der Waals surface area contributed by atoms with Gasteiger partial charge < -0.3 is 9.64 Å². The summed E-state index contributed by atoms with van der Waals surface area (Å²) >= 11 is 1.34. The van der Waals surface area contributed by atoms with Crippen LogP contribution in [0, 0.1) is 0 Å². The molecule has 6 nitrogen and oxygen atoms in total. The van der Waals surface area contributed by atoms with Crippen LogP contribution in [0.3, 0.4) is 0 Å². The molecule has 0 spiro atoms. The lowest BCUT2D eigenvalue weighted by Gasteiger charge is -2.35. The number of hydrazone groups is 1. The minimum atomic E-state index is -0.382. The van der Waals surface area contributed by atoms with Crippen molar-refractivity contribution < 1.29 is 9.53 Å². The minimum Gasteiger partial charge on any atom is -0.496 e. The lowest BCUT2D eigenvalue weighted by Crippen LogP contribution is -2.41. The van der Waals surface area contributed by atoms with Crippen LogP contribution in [-0.4, -0.2) is 52.8 Å². The molecule has 0 unspecified atom stereocenters. The Labute approximate surface area is 207 Å². The van der Waals surface area contributed by atoms with Gasteiger partial charge in [0.2, 0.25) is 0 Å². The molecular formula is C27H34N4O2S. The van der Waals surface area contributed by atoms with Crippen molar-refractivity contribution in [1.29, 1.82) is 0 Å². The van der Waals surface area contributed by atoms with Gasteiger partial charge in [-0.15, -0.1) is 0 Å². The quantitative estimate of drug-likeness (QED) is 0.392. The molecule has 2 aliphatic heterocycles. The summed E-state index contributed by atoms with van der Waals surface area (Å²) in [6.07, 6.45) is 2.03. The third-order valence-electron chi connectivity index (χ3n) is 6.10. The maximum atomic E-state index is 12.4. The molecule has 0 aliphatic carbocycles. The summed E-state index contributed by atoms with van der Waals surface area (Å²) < 4.78 is 5.30. The second-order valence-corrected chi connectivity index (χ2v) is 11.0. The number of aryl methyl sites for hydroxylation is 1. The summed E-state index contributed by atoms with van der Waals surface area (Å²) in [6, 6.07) is 14.8. The Morgan fingerprint density at radius 3 is 2.71 bits per heavy atom. The van der Waals surface area contributed by atoms with Gasteiger partial charge in [-0.2, -0.15) is 5.10 Å². The molecule has 0 radical (unpaired) electrons. The molecule has 7 heteroatoms. The number of aliphatic imine (C=N–C) groups is 1. The zero-order chi connectivity index (χ0) is 24.5. The molecule has 2 aromatic rings. The fraction of sp³-hybridized carbons (Fsp3) is 0.444. The standard InChI is InChI=1S/C27H34N4O2S/c1-7-31-26(32)34-27(4,5)24(29-31)20-14-15-22-19(17-20)11-10-16-30(22)25(28-18(2)3)21-12-8-9-13-23(21)33-6/h8-9,12-15,17-18H,7,10-11,16H2,1-6H3. The molecule has 0 saturated heterocycles. The number of nitrogens with zero attached hydrogens (tertiary/aromatic N) is 4. The summed E-state index contributed by atoms with van der Waals surface area (Å²) in [7, 11) is 1.71. The van der Waals surface area contributed by atoms with E-state index in [1.165, 1.54) is 23.0 Å². The first-order valence-corrected chi connectivity index (χ1v) is 12.8. The van der Waals surface area contributed by atoms with Crippen molar-refractivity contribution in [2.75, 3.05) is 25.1 Å². The third-order valence-corrected chi connectivity index (χ3v) is 7.19. The predicted molar refractivity (Wildman–Crippen MR) is 143 cm³/mol. The van der Waals surface area contributed by atoms with E-state index >= 15 is 0 Å². The number of thioether (sulfide) groups is 1. The number of benzene rings is 2. The Kier molecular flexibility index (Phi) is 7.03. The molecule has 0 aromatic heterocycles. The lowest BCUT2D eigenvalue weighted by atomic mass is 9.93. The number of rotatable bonds is 5. The molecule has 0 fully saturated rings. The van der Waals surface area contributed by atoms with E-state index in [-0.39, 0.29) is 16.0 Å². The Morgan fingerprint density at radius 2 is 2.00 bits per heavy atom. The molecule has 2 heterocycles. The molecule has 2 aliphatic rings. The molecule has 4 rings (SSSR count). The summed E-state index contributed by atoms with van der Waals surface area (Å²) in [4.78, 5) is 19.8. The number of para-hydroxylation sites is 1. The molecule has 0 bridgehead atoms. The largest absolute Gasteiger partial charge is 0.496 e. The van der Waals surface area contributed by atoms with Crippen LogP contribution in [0.4, 0.5) is 10.5 Å².